The van der Waals surface area contributed by atoms with E-state index in [4.69, 9.17) is 0 Å². The molecule has 0 radical (unpaired) electrons. The SMILES string of the molecule is CSc1ccc(NC(=O)c2ccc(NC(=O)c3ccccc3)cc2)cc1. The fourth-order valence-corrected chi connectivity index (χ4v) is 2.78. The van der Waals surface area contributed by atoms with E-state index >= 15 is 0 Å². The molecule has 130 valence electrons. The lowest BCUT2D eigenvalue weighted by atomic mass is 10.1. The number of anilines is 2. The van der Waals surface area contributed by atoms with Gasteiger partial charge in [0, 0.05) is 27.4 Å². The van der Waals surface area contributed by atoms with Crippen LogP contribution in [0.5, 0.6) is 0 Å². The van der Waals surface area contributed by atoms with E-state index in [2.05, 4.69) is 10.6 Å². The smallest absolute Gasteiger partial charge is 0.255 e. The van der Waals surface area contributed by atoms with E-state index in [0.717, 1.165) is 10.6 Å². The lowest BCUT2D eigenvalue weighted by molar-refractivity contribution is 0.102. The monoisotopic (exact) mass is 362 g/mol. The van der Waals surface area contributed by atoms with Crippen LogP contribution in [0.25, 0.3) is 0 Å². The maximum Gasteiger partial charge on any atom is 0.255 e. The fourth-order valence-electron chi connectivity index (χ4n) is 2.38. The summed E-state index contributed by atoms with van der Waals surface area (Å²) < 4.78 is 0. The summed E-state index contributed by atoms with van der Waals surface area (Å²) in [5.41, 5.74) is 2.49. The number of hydrogen-bond acceptors (Lipinski definition) is 3. The minimum absolute atomic E-state index is 0.184. The summed E-state index contributed by atoms with van der Waals surface area (Å²) in [4.78, 5) is 25.6. The largest absolute Gasteiger partial charge is 0.322 e. The van der Waals surface area contributed by atoms with Crippen molar-refractivity contribution in [2.75, 3.05) is 16.9 Å². The van der Waals surface area contributed by atoms with Gasteiger partial charge >= 0.3 is 0 Å². The first-order valence-electron chi connectivity index (χ1n) is 8.07. The number of nitrogens with one attached hydrogen (secondary N) is 2. The van der Waals surface area contributed by atoms with Crippen LogP contribution in [0.3, 0.4) is 0 Å². The quantitative estimate of drug-likeness (QED) is 0.634. The molecule has 0 bridgehead atoms. The highest BCUT2D eigenvalue weighted by Crippen LogP contribution is 2.18. The maximum atomic E-state index is 12.3. The molecule has 0 heterocycles. The van der Waals surface area contributed by atoms with E-state index in [9.17, 15) is 9.59 Å². The highest BCUT2D eigenvalue weighted by molar-refractivity contribution is 7.98. The van der Waals surface area contributed by atoms with Crippen LogP contribution in [0.1, 0.15) is 20.7 Å². The number of hydrogen-bond donors (Lipinski definition) is 2. The summed E-state index contributed by atoms with van der Waals surface area (Å²) in [5, 5.41) is 5.67. The Morgan fingerprint density at radius 2 is 1.12 bits per heavy atom. The normalized spacial score (nSPS) is 10.2. The second-order valence-corrected chi connectivity index (χ2v) is 6.46. The van der Waals surface area contributed by atoms with Crippen molar-refractivity contribution in [1.29, 1.82) is 0 Å². The third-order valence-corrected chi connectivity index (χ3v) is 4.53. The van der Waals surface area contributed by atoms with Gasteiger partial charge in [0.05, 0.1) is 0 Å². The van der Waals surface area contributed by atoms with Crippen LogP contribution in [-0.4, -0.2) is 18.1 Å². The van der Waals surface area contributed by atoms with Gasteiger partial charge in [0.25, 0.3) is 11.8 Å². The van der Waals surface area contributed by atoms with Gasteiger partial charge in [-0.1, -0.05) is 18.2 Å². The topological polar surface area (TPSA) is 58.2 Å². The Kier molecular flexibility index (Phi) is 5.71. The first-order valence-corrected chi connectivity index (χ1v) is 9.30. The highest BCUT2D eigenvalue weighted by Gasteiger charge is 2.08. The van der Waals surface area contributed by atoms with E-state index in [-0.39, 0.29) is 11.8 Å². The molecule has 5 heteroatoms. The second kappa shape index (κ2) is 8.36. The van der Waals surface area contributed by atoms with Gasteiger partial charge in [-0.05, 0) is 66.9 Å². The molecule has 26 heavy (non-hydrogen) atoms. The average molecular weight is 362 g/mol. The maximum absolute atomic E-state index is 12.3. The first kappa shape index (κ1) is 17.8. The summed E-state index contributed by atoms with van der Waals surface area (Å²) in [6.07, 6.45) is 2.01. The highest BCUT2D eigenvalue weighted by atomic mass is 32.2. The van der Waals surface area contributed by atoms with Crippen molar-refractivity contribution in [2.45, 2.75) is 4.90 Å². The molecule has 0 spiro atoms. The third-order valence-electron chi connectivity index (χ3n) is 3.79. The zero-order chi connectivity index (χ0) is 18.4. The number of amides is 2. The number of carbonyl (C=O) groups excluding carboxylic acids is 2. The van der Waals surface area contributed by atoms with Crippen molar-refractivity contribution in [3.63, 3.8) is 0 Å². The minimum atomic E-state index is -0.192. The van der Waals surface area contributed by atoms with Gasteiger partial charge < -0.3 is 10.6 Å². The van der Waals surface area contributed by atoms with Gasteiger partial charge in [-0.3, -0.25) is 9.59 Å². The molecule has 0 unspecified atom stereocenters. The lowest BCUT2D eigenvalue weighted by Crippen LogP contribution is -2.13. The van der Waals surface area contributed by atoms with E-state index in [0.29, 0.717) is 16.8 Å². The molecule has 4 nitrogen and oxygen atoms in total. The van der Waals surface area contributed by atoms with Gasteiger partial charge in [0.1, 0.15) is 0 Å². The molecule has 0 fully saturated rings. The summed E-state index contributed by atoms with van der Waals surface area (Å²) in [6, 6.07) is 23.5. The van der Waals surface area contributed by atoms with Crippen molar-refractivity contribution in [2.24, 2.45) is 0 Å². The van der Waals surface area contributed by atoms with Crippen molar-refractivity contribution < 1.29 is 9.59 Å². The summed E-state index contributed by atoms with van der Waals surface area (Å²) in [5.74, 6) is -0.375. The van der Waals surface area contributed by atoms with Crippen molar-refractivity contribution in [3.8, 4) is 0 Å². The molecule has 0 saturated carbocycles. The molecule has 0 aliphatic heterocycles. The van der Waals surface area contributed by atoms with Gasteiger partial charge in [-0.25, -0.2) is 0 Å². The van der Waals surface area contributed by atoms with Crippen LogP contribution in [0.15, 0.2) is 83.8 Å². The molecule has 0 saturated heterocycles. The lowest BCUT2D eigenvalue weighted by Gasteiger charge is -2.08. The van der Waals surface area contributed by atoms with Crippen molar-refractivity contribution in [1.82, 2.24) is 0 Å². The summed E-state index contributed by atoms with van der Waals surface area (Å²) in [6.45, 7) is 0. The standard InChI is InChI=1S/C21H18N2O2S/c1-26-19-13-11-18(12-14-19)23-21(25)16-7-9-17(10-8-16)22-20(24)15-5-3-2-4-6-15/h2-14H,1H3,(H,22,24)(H,23,25). The van der Waals surface area contributed by atoms with Crippen LogP contribution in [0, 0.1) is 0 Å². The van der Waals surface area contributed by atoms with Gasteiger partial charge in [0.15, 0.2) is 0 Å². The molecule has 3 aromatic carbocycles. The zero-order valence-corrected chi connectivity index (χ0v) is 15.0. The third kappa shape index (κ3) is 4.52. The van der Waals surface area contributed by atoms with Crippen LogP contribution in [-0.2, 0) is 0 Å². The molecule has 3 aromatic rings. The molecule has 2 amide bonds. The van der Waals surface area contributed by atoms with Crippen molar-refractivity contribution >= 4 is 35.0 Å². The zero-order valence-electron chi connectivity index (χ0n) is 14.2. The Balaban J connectivity index is 1.63. The number of rotatable bonds is 5. The molecule has 0 aromatic heterocycles. The van der Waals surface area contributed by atoms with E-state index in [1.165, 1.54) is 0 Å². The number of carbonyl (C=O) groups is 2. The van der Waals surface area contributed by atoms with Gasteiger partial charge in [-0.15, -0.1) is 11.8 Å². The van der Waals surface area contributed by atoms with Crippen molar-refractivity contribution in [3.05, 3.63) is 90.0 Å². The Hall–Kier alpha value is -3.05. The van der Waals surface area contributed by atoms with E-state index in [1.54, 1.807) is 48.2 Å². The molecule has 0 aliphatic rings. The predicted molar refractivity (Wildman–Crippen MR) is 107 cm³/mol. The van der Waals surface area contributed by atoms with E-state index in [1.807, 2.05) is 48.7 Å². The molecule has 2 N–H and O–H groups in total. The number of thioether (sulfide) groups is 1. The fraction of sp³-hybridized carbons (Fsp3) is 0.0476. The first-order chi connectivity index (χ1) is 12.7. The Morgan fingerprint density at radius 1 is 0.654 bits per heavy atom. The van der Waals surface area contributed by atoms with Crippen LogP contribution >= 0.6 is 11.8 Å². The summed E-state index contributed by atoms with van der Waals surface area (Å²) >= 11 is 1.65. The van der Waals surface area contributed by atoms with Gasteiger partial charge in [-0.2, -0.15) is 0 Å². The average Bonchev–Trinajstić information content (AvgIpc) is 2.69. The Morgan fingerprint density at radius 3 is 1.62 bits per heavy atom. The second-order valence-electron chi connectivity index (χ2n) is 5.58. The molecule has 0 aliphatic carbocycles. The molecule has 0 atom stereocenters. The Bertz CT molecular complexity index is 892. The number of benzene rings is 3. The molecular formula is C21H18N2O2S. The van der Waals surface area contributed by atoms with Crippen LogP contribution < -0.4 is 10.6 Å². The van der Waals surface area contributed by atoms with E-state index < -0.39 is 0 Å². The minimum Gasteiger partial charge on any atom is -0.322 e. The van der Waals surface area contributed by atoms with Crippen LogP contribution in [0.4, 0.5) is 11.4 Å². The molecule has 3 rings (SSSR count). The van der Waals surface area contributed by atoms with Gasteiger partial charge in [0.2, 0.25) is 0 Å². The van der Waals surface area contributed by atoms with Crippen LogP contribution in [0.2, 0.25) is 0 Å². The molecular weight excluding hydrogens is 344 g/mol. The predicted octanol–water partition coefficient (Wildman–Crippen LogP) is 4.91. The Labute approximate surface area is 156 Å². The summed E-state index contributed by atoms with van der Waals surface area (Å²) in [7, 11) is 0.